The molecular weight excluding hydrogens is 425 g/mol. The molecule has 0 unspecified atom stereocenters. The zero-order chi connectivity index (χ0) is 24.1. The van der Waals surface area contributed by atoms with Crippen LogP contribution in [0.3, 0.4) is 0 Å². The fourth-order valence-electron chi connectivity index (χ4n) is 3.81. The van der Waals surface area contributed by atoms with E-state index in [0.29, 0.717) is 12.1 Å². The Labute approximate surface area is 193 Å². The van der Waals surface area contributed by atoms with Gasteiger partial charge < -0.3 is 19.6 Å². The molecule has 2 heterocycles. The van der Waals surface area contributed by atoms with E-state index < -0.39 is 18.0 Å². The van der Waals surface area contributed by atoms with Gasteiger partial charge in [-0.2, -0.15) is 0 Å². The van der Waals surface area contributed by atoms with Crippen LogP contribution in [0.5, 0.6) is 5.88 Å². The van der Waals surface area contributed by atoms with E-state index in [2.05, 4.69) is 4.98 Å². The van der Waals surface area contributed by atoms with E-state index in [4.69, 9.17) is 4.74 Å². The number of hydrogen-bond donors (Lipinski definition) is 1. The number of pyridine rings is 1. The van der Waals surface area contributed by atoms with Gasteiger partial charge in [-0.25, -0.2) is 9.37 Å². The molecule has 0 radical (unpaired) electrons. The minimum atomic E-state index is -0.480. The van der Waals surface area contributed by atoms with Crippen molar-refractivity contribution in [3.63, 3.8) is 0 Å². The summed E-state index contributed by atoms with van der Waals surface area (Å²) in [5, 5.41) is 9.74. The zero-order valence-electron chi connectivity index (χ0n) is 19.4. The maximum absolute atomic E-state index is 13.6. The third-order valence-corrected chi connectivity index (χ3v) is 5.77. The van der Waals surface area contributed by atoms with Gasteiger partial charge in [-0.05, 0) is 43.7 Å². The molecule has 0 fully saturated rings. The zero-order valence-corrected chi connectivity index (χ0v) is 19.4. The van der Waals surface area contributed by atoms with Crippen LogP contribution in [0, 0.1) is 11.7 Å². The van der Waals surface area contributed by atoms with E-state index in [0.717, 1.165) is 5.56 Å². The number of carbonyl (C=O) groups is 2. The number of amides is 2. The van der Waals surface area contributed by atoms with Crippen LogP contribution in [0.2, 0.25) is 0 Å². The Bertz CT molecular complexity index is 1040. The Hall–Kier alpha value is -3.26. The maximum Gasteiger partial charge on any atom is 0.259 e. The largest absolute Gasteiger partial charge is 0.472 e. The first-order valence-corrected chi connectivity index (χ1v) is 11.0. The molecule has 8 heteroatoms. The van der Waals surface area contributed by atoms with E-state index in [1.165, 1.54) is 23.1 Å². The van der Waals surface area contributed by atoms with Crippen molar-refractivity contribution in [3.05, 3.63) is 65.1 Å². The number of fused-ring (bicyclic) bond motifs is 1. The molecule has 3 rings (SSSR count). The molecule has 1 N–H and O–H groups in total. The second kappa shape index (κ2) is 10.6. The number of hydrogen-bond acceptors (Lipinski definition) is 5. The molecule has 0 spiro atoms. The van der Waals surface area contributed by atoms with E-state index >= 15 is 0 Å². The van der Waals surface area contributed by atoms with E-state index in [9.17, 15) is 19.1 Å². The predicted octanol–water partition coefficient (Wildman–Crippen LogP) is 3.25. The summed E-state index contributed by atoms with van der Waals surface area (Å²) in [6.45, 7) is 5.95. The van der Waals surface area contributed by atoms with E-state index in [-0.39, 0.29) is 42.3 Å². The average Bonchev–Trinajstić information content (AvgIpc) is 2.80. The molecule has 33 heavy (non-hydrogen) atoms. The second-order valence-corrected chi connectivity index (χ2v) is 8.44. The lowest BCUT2D eigenvalue weighted by Gasteiger charge is -2.37. The topological polar surface area (TPSA) is 83.0 Å². The monoisotopic (exact) mass is 455 g/mol. The van der Waals surface area contributed by atoms with Crippen LogP contribution in [0.4, 0.5) is 4.39 Å². The summed E-state index contributed by atoms with van der Waals surface area (Å²) in [6.07, 6.45) is 4.83. The molecule has 1 aromatic carbocycles. The number of rotatable bonds is 6. The lowest BCUT2D eigenvalue weighted by molar-refractivity contribution is 0.0313. The fraction of sp³-hybridized carbons (Fsp3) is 0.400. The number of halogens is 1. The number of benzene rings is 1. The van der Waals surface area contributed by atoms with Crippen molar-refractivity contribution in [2.75, 3.05) is 26.7 Å². The first-order chi connectivity index (χ1) is 15.7. The highest BCUT2D eigenvalue weighted by molar-refractivity contribution is 5.97. The quantitative estimate of drug-likeness (QED) is 0.723. The Morgan fingerprint density at radius 3 is 2.85 bits per heavy atom. The standard InChI is InChI=1S/C25H30FN3O4/c1-5-7-18-10-21-23(27-12-18)33-22(16(2)13-29(25(21)32)17(3)15-30)14-28(4)24(31)19-8-6-9-20(26)11-19/h5-12,16-17,22,30H,13-15H2,1-4H3/b7-5+/t16-,17-,22-/m0/s1. The minimum Gasteiger partial charge on any atom is -0.472 e. The van der Waals surface area contributed by atoms with Gasteiger partial charge in [0.25, 0.3) is 11.8 Å². The minimum absolute atomic E-state index is 0.170. The Morgan fingerprint density at radius 2 is 2.18 bits per heavy atom. The van der Waals surface area contributed by atoms with Gasteiger partial charge in [-0.3, -0.25) is 9.59 Å². The summed E-state index contributed by atoms with van der Waals surface area (Å²) < 4.78 is 19.8. The number of carbonyl (C=O) groups excluding carboxylic acids is 2. The predicted molar refractivity (Wildman–Crippen MR) is 123 cm³/mol. The molecule has 176 valence electrons. The summed E-state index contributed by atoms with van der Waals surface area (Å²) in [4.78, 5) is 33.6. The molecule has 1 aromatic heterocycles. The lowest BCUT2D eigenvalue weighted by Crippen LogP contribution is -2.50. The van der Waals surface area contributed by atoms with Crippen molar-refractivity contribution in [3.8, 4) is 5.88 Å². The third-order valence-electron chi connectivity index (χ3n) is 5.77. The van der Waals surface area contributed by atoms with E-state index in [1.807, 2.05) is 26.0 Å². The highest BCUT2D eigenvalue weighted by Gasteiger charge is 2.34. The van der Waals surface area contributed by atoms with Crippen LogP contribution in [-0.2, 0) is 0 Å². The van der Waals surface area contributed by atoms with Gasteiger partial charge in [0.1, 0.15) is 17.5 Å². The highest BCUT2D eigenvalue weighted by Crippen LogP contribution is 2.28. The van der Waals surface area contributed by atoms with Crippen LogP contribution in [0.15, 0.2) is 42.6 Å². The average molecular weight is 456 g/mol. The van der Waals surface area contributed by atoms with Gasteiger partial charge in [0.05, 0.1) is 19.2 Å². The van der Waals surface area contributed by atoms with E-state index in [1.54, 1.807) is 37.2 Å². The summed E-state index contributed by atoms with van der Waals surface area (Å²) in [7, 11) is 1.63. The summed E-state index contributed by atoms with van der Waals surface area (Å²) in [5.41, 5.74) is 1.31. The Kier molecular flexibility index (Phi) is 7.81. The number of aromatic nitrogens is 1. The Balaban J connectivity index is 1.93. The molecule has 2 aromatic rings. The molecular formula is C25H30FN3O4. The summed E-state index contributed by atoms with van der Waals surface area (Å²) in [5.74, 6) is -1.06. The number of nitrogens with zero attached hydrogens (tertiary/aromatic N) is 3. The van der Waals surface area contributed by atoms with Crippen LogP contribution in [0.1, 0.15) is 47.1 Å². The lowest BCUT2D eigenvalue weighted by atomic mass is 9.99. The highest BCUT2D eigenvalue weighted by atomic mass is 19.1. The molecule has 0 saturated heterocycles. The number of likely N-dealkylation sites (N-methyl/N-ethyl adjacent to an activating group) is 1. The van der Waals surface area contributed by atoms with Crippen molar-refractivity contribution in [1.82, 2.24) is 14.8 Å². The summed E-state index contributed by atoms with van der Waals surface area (Å²) >= 11 is 0. The van der Waals surface area contributed by atoms with Crippen molar-refractivity contribution in [2.45, 2.75) is 32.9 Å². The van der Waals surface area contributed by atoms with Gasteiger partial charge in [-0.1, -0.05) is 25.1 Å². The van der Waals surface area contributed by atoms with Gasteiger partial charge in [0.15, 0.2) is 0 Å². The van der Waals surface area contributed by atoms with Gasteiger partial charge in [0.2, 0.25) is 5.88 Å². The van der Waals surface area contributed by atoms with Crippen molar-refractivity contribution in [2.24, 2.45) is 5.92 Å². The van der Waals surface area contributed by atoms with Gasteiger partial charge in [0, 0.05) is 31.3 Å². The van der Waals surface area contributed by atoms with Gasteiger partial charge >= 0.3 is 0 Å². The second-order valence-electron chi connectivity index (χ2n) is 8.44. The number of allylic oxidation sites excluding steroid dienone is 1. The molecule has 0 aliphatic carbocycles. The fourth-order valence-corrected chi connectivity index (χ4v) is 3.81. The SMILES string of the molecule is C/C=C/c1cnc2c(c1)C(=O)N([C@@H](C)CO)C[C@H](C)[C@H](CN(C)C(=O)c1cccc(F)c1)O2. The van der Waals surface area contributed by atoms with Crippen molar-refractivity contribution in [1.29, 1.82) is 0 Å². The van der Waals surface area contributed by atoms with Crippen LogP contribution in [-0.4, -0.2) is 70.6 Å². The Morgan fingerprint density at radius 1 is 1.42 bits per heavy atom. The molecule has 1 aliphatic heterocycles. The molecule has 0 saturated carbocycles. The molecule has 1 aliphatic rings. The normalized spacial score (nSPS) is 19.5. The number of aliphatic hydroxyl groups excluding tert-OH is 1. The van der Waals surface area contributed by atoms with Crippen LogP contribution >= 0.6 is 0 Å². The molecule has 7 nitrogen and oxygen atoms in total. The number of ether oxygens (including phenoxy) is 1. The summed E-state index contributed by atoms with van der Waals surface area (Å²) in [6, 6.07) is 6.86. The van der Waals surface area contributed by atoms with Crippen LogP contribution in [0.25, 0.3) is 6.08 Å². The molecule has 3 atom stereocenters. The number of aliphatic hydroxyl groups is 1. The smallest absolute Gasteiger partial charge is 0.259 e. The van der Waals surface area contributed by atoms with Gasteiger partial charge in [-0.15, -0.1) is 0 Å². The first kappa shape index (κ1) is 24.4. The van der Waals surface area contributed by atoms with Crippen molar-refractivity contribution < 1.29 is 23.8 Å². The maximum atomic E-state index is 13.6. The van der Waals surface area contributed by atoms with Crippen molar-refractivity contribution >= 4 is 17.9 Å². The van der Waals surface area contributed by atoms with Crippen LogP contribution < -0.4 is 4.74 Å². The first-order valence-electron chi connectivity index (χ1n) is 11.0. The molecule has 2 amide bonds. The third kappa shape index (κ3) is 5.57. The molecule has 0 bridgehead atoms.